The molecule has 198 valence electrons. The minimum Gasteiger partial charge on any atom is -0.337 e. The highest BCUT2D eigenvalue weighted by atomic mass is 35.5. The van der Waals surface area contributed by atoms with E-state index in [-0.39, 0.29) is 11.8 Å². The Bertz CT molecular complexity index is 985. The summed E-state index contributed by atoms with van der Waals surface area (Å²) in [6, 6.07) is 5.02. The fourth-order valence-corrected chi connectivity index (χ4v) is 6.61. The summed E-state index contributed by atoms with van der Waals surface area (Å²) >= 11 is 12.2. The molecule has 7 heteroatoms. The van der Waals surface area contributed by atoms with Crippen LogP contribution in [0.15, 0.2) is 29.8 Å². The van der Waals surface area contributed by atoms with Crippen LogP contribution in [0.5, 0.6) is 0 Å². The van der Waals surface area contributed by atoms with Crippen molar-refractivity contribution < 1.29 is 9.59 Å². The maximum Gasteiger partial charge on any atom is 0.255 e. The summed E-state index contributed by atoms with van der Waals surface area (Å²) in [5.74, 6) is 1.67. The van der Waals surface area contributed by atoms with Gasteiger partial charge in [-0.15, -0.1) is 0 Å². The highest BCUT2D eigenvalue weighted by Gasteiger charge is 2.51. The number of allylic oxidation sites excluding steroid dienone is 1. The summed E-state index contributed by atoms with van der Waals surface area (Å²) in [7, 11) is 0. The fraction of sp³-hybridized carbons (Fsp3) is 0.655. The van der Waals surface area contributed by atoms with Gasteiger partial charge < -0.3 is 9.80 Å². The van der Waals surface area contributed by atoms with Gasteiger partial charge in [0.2, 0.25) is 5.91 Å². The first-order valence-electron chi connectivity index (χ1n) is 13.6. The third-order valence-electron chi connectivity index (χ3n) is 8.81. The maximum absolute atomic E-state index is 13.2. The van der Waals surface area contributed by atoms with Crippen LogP contribution < -0.4 is 0 Å². The summed E-state index contributed by atoms with van der Waals surface area (Å²) in [4.78, 5) is 32.5. The lowest BCUT2D eigenvalue weighted by atomic mass is 9.49. The Kier molecular flexibility index (Phi) is 9.06. The van der Waals surface area contributed by atoms with Crippen molar-refractivity contribution in [3.05, 3.63) is 45.5 Å². The van der Waals surface area contributed by atoms with Crippen molar-refractivity contribution in [2.24, 2.45) is 17.3 Å². The molecule has 5 nitrogen and oxygen atoms in total. The Morgan fingerprint density at radius 1 is 1.11 bits per heavy atom. The van der Waals surface area contributed by atoms with Crippen molar-refractivity contribution in [2.45, 2.75) is 59.3 Å². The fourth-order valence-electron chi connectivity index (χ4n) is 6.12. The first kappa shape index (κ1) is 27.5. The summed E-state index contributed by atoms with van der Waals surface area (Å²) in [6.07, 6.45) is 8.70. The number of amides is 2. The van der Waals surface area contributed by atoms with E-state index in [4.69, 9.17) is 23.2 Å². The highest BCUT2D eigenvalue weighted by molar-refractivity contribution is 6.36. The van der Waals surface area contributed by atoms with Crippen LogP contribution in [0.25, 0.3) is 0 Å². The molecule has 0 aromatic heterocycles. The lowest BCUT2D eigenvalue weighted by Crippen LogP contribution is -2.52. The van der Waals surface area contributed by atoms with Gasteiger partial charge in [-0.2, -0.15) is 0 Å². The van der Waals surface area contributed by atoms with Crippen LogP contribution in [0.1, 0.15) is 69.7 Å². The topological polar surface area (TPSA) is 43.9 Å². The van der Waals surface area contributed by atoms with E-state index in [1.807, 2.05) is 4.90 Å². The zero-order chi connectivity index (χ0) is 25.9. The number of nitrogens with zero attached hydrogens (tertiary/aromatic N) is 3. The Balaban J connectivity index is 1.31. The number of rotatable bonds is 10. The monoisotopic (exact) mass is 533 g/mol. The molecule has 1 heterocycles. The molecule has 36 heavy (non-hydrogen) atoms. The first-order chi connectivity index (χ1) is 17.2. The second-order valence-electron chi connectivity index (χ2n) is 11.4. The average Bonchev–Trinajstić information content (AvgIpc) is 2.86. The second kappa shape index (κ2) is 11.9. The Labute approximate surface area is 226 Å². The number of benzene rings is 1. The van der Waals surface area contributed by atoms with Gasteiger partial charge in [0.25, 0.3) is 5.91 Å². The molecule has 2 atom stereocenters. The number of unbranched alkanes of at least 4 members (excludes halogenated alkanes) is 2. The van der Waals surface area contributed by atoms with Gasteiger partial charge in [0, 0.05) is 57.3 Å². The van der Waals surface area contributed by atoms with Gasteiger partial charge in [-0.05, 0) is 54.7 Å². The van der Waals surface area contributed by atoms with Gasteiger partial charge >= 0.3 is 0 Å². The van der Waals surface area contributed by atoms with E-state index in [9.17, 15) is 9.59 Å². The lowest BCUT2D eigenvalue weighted by molar-refractivity contribution is -0.131. The quantitative estimate of drug-likeness (QED) is 0.267. The average molecular weight is 535 g/mol. The summed E-state index contributed by atoms with van der Waals surface area (Å²) in [5.41, 5.74) is 2.35. The number of hydrogen-bond acceptors (Lipinski definition) is 3. The number of hydrogen-bond donors (Lipinski definition) is 0. The molecule has 0 N–H and O–H groups in total. The molecule has 1 aliphatic heterocycles. The van der Waals surface area contributed by atoms with Crippen molar-refractivity contribution in [1.29, 1.82) is 0 Å². The molecule has 2 bridgehead atoms. The molecule has 2 fully saturated rings. The van der Waals surface area contributed by atoms with Crippen LogP contribution in [0.3, 0.4) is 0 Å². The van der Waals surface area contributed by atoms with Crippen molar-refractivity contribution in [3.8, 4) is 0 Å². The smallest absolute Gasteiger partial charge is 0.255 e. The summed E-state index contributed by atoms with van der Waals surface area (Å²) in [5, 5.41) is 0.921. The Morgan fingerprint density at radius 2 is 1.86 bits per heavy atom. The van der Waals surface area contributed by atoms with E-state index in [2.05, 4.69) is 36.6 Å². The van der Waals surface area contributed by atoms with Gasteiger partial charge in [-0.3, -0.25) is 14.5 Å². The molecule has 2 unspecified atom stereocenters. The summed E-state index contributed by atoms with van der Waals surface area (Å²) < 4.78 is 0. The van der Waals surface area contributed by atoms with Crippen LogP contribution in [0.4, 0.5) is 0 Å². The molecule has 4 aliphatic rings. The minimum atomic E-state index is -0.0466. The molecule has 3 aliphatic carbocycles. The van der Waals surface area contributed by atoms with Crippen molar-refractivity contribution in [3.63, 3.8) is 0 Å². The zero-order valence-corrected chi connectivity index (χ0v) is 23.6. The van der Waals surface area contributed by atoms with E-state index >= 15 is 0 Å². The third-order valence-corrected chi connectivity index (χ3v) is 9.36. The molecule has 1 aromatic carbocycles. The molecule has 0 radical (unpaired) electrons. The number of halogens is 2. The maximum atomic E-state index is 13.2. The van der Waals surface area contributed by atoms with Gasteiger partial charge in [-0.1, -0.05) is 68.5 Å². The molecule has 1 saturated heterocycles. The number of fused-ring (bicyclic) bond motifs is 1. The van der Waals surface area contributed by atoms with Crippen LogP contribution in [0, 0.1) is 17.3 Å². The molecular formula is C29H41Cl2N3O2. The lowest BCUT2D eigenvalue weighted by Gasteiger charge is -2.57. The van der Waals surface area contributed by atoms with Crippen molar-refractivity contribution in [1.82, 2.24) is 14.7 Å². The Hall–Kier alpha value is -1.56. The molecule has 1 aromatic rings. The molecule has 1 saturated carbocycles. The Morgan fingerprint density at radius 3 is 2.50 bits per heavy atom. The van der Waals surface area contributed by atoms with Crippen LogP contribution in [-0.4, -0.2) is 72.3 Å². The first-order valence-corrected chi connectivity index (χ1v) is 14.4. The van der Waals surface area contributed by atoms with Gasteiger partial charge in [-0.25, -0.2) is 0 Å². The number of carbonyl (C=O) groups is 2. The molecule has 5 rings (SSSR count). The molecular weight excluding hydrogens is 493 g/mol. The predicted octanol–water partition coefficient (Wildman–Crippen LogP) is 6.15. The van der Waals surface area contributed by atoms with E-state index < -0.39 is 0 Å². The van der Waals surface area contributed by atoms with E-state index in [1.165, 1.54) is 12.0 Å². The minimum absolute atomic E-state index is 0.0466. The van der Waals surface area contributed by atoms with Crippen LogP contribution >= 0.6 is 23.2 Å². The van der Waals surface area contributed by atoms with E-state index in [0.29, 0.717) is 46.5 Å². The van der Waals surface area contributed by atoms with Gasteiger partial charge in [0.1, 0.15) is 0 Å². The van der Waals surface area contributed by atoms with Gasteiger partial charge in [0.15, 0.2) is 0 Å². The zero-order valence-electron chi connectivity index (χ0n) is 22.1. The molecule has 0 spiro atoms. The normalized spacial score (nSPS) is 23.1. The van der Waals surface area contributed by atoms with Gasteiger partial charge in [0.05, 0.1) is 10.6 Å². The largest absolute Gasteiger partial charge is 0.337 e. The number of piperazine rings is 1. The standard InChI is InChI=1S/C29H41Cl2N3O2/c1-4-5-6-7-27(35)34(20-21-8-9-22-18-25(21)29(22,2)3)17-14-32-12-15-33(16-13-32)28(36)24-11-10-23(30)19-26(24)31/h8,10-11,19,22,25H,4-7,9,12-18,20H2,1-3H3. The van der Waals surface area contributed by atoms with E-state index in [0.717, 1.165) is 64.3 Å². The summed E-state index contributed by atoms with van der Waals surface area (Å²) in [6.45, 7) is 12.2. The van der Waals surface area contributed by atoms with Crippen LogP contribution in [0.2, 0.25) is 10.0 Å². The number of carbonyl (C=O) groups excluding carboxylic acids is 2. The molecule has 2 amide bonds. The highest BCUT2D eigenvalue weighted by Crippen LogP contribution is 2.59. The third kappa shape index (κ3) is 6.11. The van der Waals surface area contributed by atoms with Crippen molar-refractivity contribution in [2.75, 3.05) is 45.8 Å². The van der Waals surface area contributed by atoms with Crippen molar-refractivity contribution >= 4 is 35.0 Å². The van der Waals surface area contributed by atoms with Crippen LogP contribution in [-0.2, 0) is 4.79 Å². The second-order valence-corrected chi connectivity index (χ2v) is 12.2. The SMILES string of the molecule is CCCCCC(=O)N(CCN1CCN(C(=O)c2ccc(Cl)cc2Cl)CC1)CC1=CCC2CC1C2(C)C. The predicted molar refractivity (Wildman–Crippen MR) is 148 cm³/mol. The van der Waals surface area contributed by atoms with E-state index in [1.54, 1.807) is 18.2 Å².